The van der Waals surface area contributed by atoms with Crippen LogP contribution in [0, 0.1) is 11.8 Å². The van der Waals surface area contributed by atoms with Crippen LogP contribution >= 0.6 is 11.6 Å². The highest BCUT2D eigenvalue weighted by atomic mass is 35.5. The van der Waals surface area contributed by atoms with Gasteiger partial charge in [-0.3, -0.25) is 9.78 Å². The Morgan fingerprint density at radius 2 is 2.03 bits per heavy atom. The highest BCUT2D eigenvalue weighted by Gasteiger charge is 2.44. The van der Waals surface area contributed by atoms with E-state index in [9.17, 15) is 4.79 Å². The molecule has 4 heterocycles. The summed E-state index contributed by atoms with van der Waals surface area (Å²) in [5.41, 5.74) is 3.63. The summed E-state index contributed by atoms with van der Waals surface area (Å²) in [4.78, 5) is 30.9. The second-order valence-electron chi connectivity index (χ2n) is 9.64. The molecule has 9 heteroatoms. The molecule has 1 saturated carbocycles. The number of nitrogens with one attached hydrogen (secondary N) is 2. The van der Waals surface area contributed by atoms with Gasteiger partial charge in [0.1, 0.15) is 30.1 Å². The molecule has 2 atom stereocenters. The number of aromatic nitrogens is 4. The number of halogens is 1. The molecule has 188 valence electrons. The number of ether oxygens (including phenoxy) is 1. The summed E-state index contributed by atoms with van der Waals surface area (Å²) < 4.78 is 5.86. The molecule has 6 rings (SSSR count). The lowest BCUT2D eigenvalue weighted by Gasteiger charge is -2.37. The number of rotatable bonds is 7. The van der Waals surface area contributed by atoms with E-state index in [1.807, 2.05) is 41.3 Å². The zero-order chi connectivity index (χ0) is 25.4. The number of H-pyrrole nitrogens is 1. The molecule has 0 radical (unpaired) electrons. The van der Waals surface area contributed by atoms with E-state index in [1.165, 1.54) is 11.6 Å². The van der Waals surface area contributed by atoms with Crippen LogP contribution in [0.1, 0.15) is 30.0 Å². The van der Waals surface area contributed by atoms with Crippen LogP contribution in [0.3, 0.4) is 0 Å². The molecule has 1 aliphatic heterocycles. The van der Waals surface area contributed by atoms with Gasteiger partial charge >= 0.3 is 0 Å². The van der Waals surface area contributed by atoms with Crippen molar-refractivity contribution in [2.24, 2.45) is 11.8 Å². The van der Waals surface area contributed by atoms with Gasteiger partial charge in [-0.15, -0.1) is 0 Å². The summed E-state index contributed by atoms with van der Waals surface area (Å²) in [7, 11) is 0. The van der Waals surface area contributed by atoms with E-state index in [2.05, 4.69) is 38.0 Å². The first-order valence-electron chi connectivity index (χ1n) is 12.4. The molecular weight excluding hydrogens is 488 g/mol. The Labute approximate surface area is 219 Å². The van der Waals surface area contributed by atoms with Gasteiger partial charge in [0.2, 0.25) is 5.91 Å². The Morgan fingerprint density at radius 3 is 2.76 bits per heavy atom. The molecule has 1 aromatic carbocycles. The number of benzene rings is 1. The molecule has 1 aliphatic carbocycles. The Kier molecular flexibility index (Phi) is 6.26. The predicted octanol–water partition coefficient (Wildman–Crippen LogP) is 5.47. The molecule has 2 bridgehead atoms. The first-order chi connectivity index (χ1) is 18.1. The van der Waals surface area contributed by atoms with Gasteiger partial charge in [0, 0.05) is 31.2 Å². The summed E-state index contributed by atoms with van der Waals surface area (Å²) in [6.45, 7) is 5.51. The number of carbonyl (C=O) groups excluding carboxylic acids is 1. The maximum Gasteiger partial charge on any atom is 0.245 e. The lowest BCUT2D eigenvalue weighted by molar-refractivity contribution is -0.128. The van der Waals surface area contributed by atoms with E-state index in [1.54, 1.807) is 12.5 Å². The Balaban J connectivity index is 1.24. The third-order valence-corrected chi connectivity index (χ3v) is 7.77. The molecule has 1 amide bonds. The molecule has 8 nitrogen and oxygen atoms in total. The fraction of sp³-hybridized carbons (Fsp3) is 0.286. The van der Waals surface area contributed by atoms with Crippen molar-refractivity contribution >= 4 is 40.0 Å². The second-order valence-corrected chi connectivity index (χ2v) is 10.0. The number of hydrogen-bond acceptors (Lipinski definition) is 6. The highest BCUT2D eigenvalue weighted by molar-refractivity contribution is 6.32. The minimum Gasteiger partial charge on any atom is -0.486 e. The fourth-order valence-electron chi connectivity index (χ4n) is 5.85. The highest BCUT2D eigenvalue weighted by Crippen LogP contribution is 2.50. The maximum absolute atomic E-state index is 12.3. The number of fused-ring (bicyclic) bond motifs is 3. The van der Waals surface area contributed by atoms with Crippen molar-refractivity contribution in [2.45, 2.75) is 25.4 Å². The van der Waals surface area contributed by atoms with Crippen molar-refractivity contribution in [2.75, 3.05) is 18.4 Å². The topological polar surface area (TPSA) is 96.0 Å². The largest absolute Gasteiger partial charge is 0.486 e. The molecule has 2 aliphatic rings. The summed E-state index contributed by atoms with van der Waals surface area (Å²) in [5, 5.41) is 4.92. The Morgan fingerprint density at radius 1 is 1.19 bits per heavy atom. The predicted molar refractivity (Wildman–Crippen MR) is 143 cm³/mol. The van der Waals surface area contributed by atoms with Gasteiger partial charge in [-0.1, -0.05) is 24.2 Å². The van der Waals surface area contributed by atoms with Crippen LogP contribution in [0.5, 0.6) is 5.75 Å². The van der Waals surface area contributed by atoms with Gasteiger partial charge in [-0.25, -0.2) is 9.97 Å². The number of nitrogens with zero attached hydrogens (tertiary/aromatic N) is 4. The molecule has 0 spiro atoms. The average molecular weight is 515 g/mol. The van der Waals surface area contributed by atoms with Gasteiger partial charge < -0.3 is 19.9 Å². The van der Waals surface area contributed by atoms with Crippen molar-refractivity contribution in [1.82, 2.24) is 24.8 Å². The monoisotopic (exact) mass is 514 g/mol. The molecule has 2 N–H and O–H groups in total. The number of aromatic amines is 1. The standard InChI is InChI=1S/C28H27ClN6O2/c1-2-24(36)35-13-17-6-7-18(14-35)25(17)21-12-31-27-26(21)28(33-16-32-27)34-19-8-9-23(22(29)11-19)37-15-20-5-3-4-10-30-20/h2-5,8-12,16-18,25H,1,6-7,13-15H2,(H2,31,32,33,34). The molecular formula is C28H27ClN6O2. The summed E-state index contributed by atoms with van der Waals surface area (Å²) in [6, 6.07) is 11.3. The van der Waals surface area contributed by atoms with Gasteiger partial charge in [0.15, 0.2) is 0 Å². The number of carbonyl (C=O) groups is 1. The summed E-state index contributed by atoms with van der Waals surface area (Å²) in [5.74, 6) is 2.48. The molecule has 2 unspecified atom stereocenters. The van der Waals surface area contributed by atoms with Crippen molar-refractivity contribution in [3.8, 4) is 5.75 Å². The lowest BCUT2D eigenvalue weighted by atomic mass is 9.80. The van der Waals surface area contributed by atoms with Crippen LogP contribution in [0.4, 0.5) is 11.5 Å². The van der Waals surface area contributed by atoms with Crippen molar-refractivity contribution < 1.29 is 9.53 Å². The van der Waals surface area contributed by atoms with Crippen LogP contribution in [-0.4, -0.2) is 43.8 Å². The fourth-order valence-corrected chi connectivity index (χ4v) is 6.09. The van der Waals surface area contributed by atoms with Crippen LogP contribution in [0.2, 0.25) is 5.02 Å². The third-order valence-electron chi connectivity index (χ3n) is 7.48. The smallest absolute Gasteiger partial charge is 0.245 e. The second kappa shape index (κ2) is 9.86. The number of pyridine rings is 1. The molecule has 37 heavy (non-hydrogen) atoms. The van der Waals surface area contributed by atoms with Crippen LogP contribution in [-0.2, 0) is 11.4 Å². The number of piperidine rings is 1. The molecule has 2 fully saturated rings. The SMILES string of the molecule is C=CC(=O)N1CC2CCC(C1)C2c1c[nH]c2ncnc(Nc3ccc(OCc4ccccn4)c(Cl)c3)c12. The maximum atomic E-state index is 12.3. The van der Waals surface area contributed by atoms with E-state index in [-0.39, 0.29) is 5.91 Å². The summed E-state index contributed by atoms with van der Waals surface area (Å²) >= 11 is 6.55. The van der Waals surface area contributed by atoms with E-state index in [0.717, 1.165) is 54.2 Å². The quantitative estimate of drug-likeness (QED) is 0.318. The van der Waals surface area contributed by atoms with Gasteiger partial charge in [0.25, 0.3) is 0 Å². The van der Waals surface area contributed by atoms with Crippen LogP contribution < -0.4 is 10.1 Å². The van der Waals surface area contributed by atoms with Crippen LogP contribution in [0.25, 0.3) is 11.0 Å². The Hall–Kier alpha value is -3.91. The van der Waals surface area contributed by atoms with E-state index in [4.69, 9.17) is 16.3 Å². The number of hydrogen-bond donors (Lipinski definition) is 2. The Bertz CT molecular complexity index is 1440. The zero-order valence-corrected chi connectivity index (χ0v) is 21.0. The van der Waals surface area contributed by atoms with Crippen LogP contribution in [0.15, 0.2) is 67.8 Å². The number of amides is 1. The minimum absolute atomic E-state index is 0.0179. The van der Waals surface area contributed by atoms with Gasteiger partial charge in [-0.05, 0) is 72.6 Å². The average Bonchev–Trinajstić information content (AvgIpc) is 3.45. The van der Waals surface area contributed by atoms with Gasteiger partial charge in [0.05, 0.1) is 16.1 Å². The summed E-state index contributed by atoms with van der Waals surface area (Å²) in [6.07, 6.45) is 8.98. The molecule has 3 aromatic heterocycles. The normalized spacial score (nSPS) is 20.7. The zero-order valence-electron chi connectivity index (χ0n) is 20.2. The third kappa shape index (κ3) is 4.53. The van der Waals surface area contributed by atoms with E-state index in [0.29, 0.717) is 35.1 Å². The van der Waals surface area contributed by atoms with Crippen molar-refractivity contribution in [3.05, 3.63) is 84.1 Å². The number of anilines is 2. The number of likely N-dealkylation sites (tertiary alicyclic amines) is 1. The van der Waals surface area contributed by atoms with Gasteiger partial charge in [-0.2, -0.15) is 0 Å². The molecule has 4 aromatic rings. The first kappa shape index (κ1) is 23.5. The van der Waals surface area contributed by atoms with Crippen molar-refractivity contribution in [1.29, 1.82) is 0 Å². The molecule has 1 saturated heterocycles. The minimum atomic E-state index is 0.0179. The van der Waals surface area contributed by atoms with E-state index < -0.39 is 0 Å². The van der Waals surface area contributed by atoms with Crippen molar-refractivity contribution in [3.63, 3.8) is 0 Å². The first-order valence-corrected chi connectivity index (χ1v) is 12.8. The van der Waals surface area contributed by atoms with E-state index >= 15 is 0 Å². The lowest BCUT2D eigenvalue weighted by Crippen LogP contribution is -2.43.